The Morgan fingerprint density at radius 1 is 0.929 bits per heavy atom. The smallest absolute Gasteiger partial charge is 0.255 e. The number of anilines is 3. The standard InChI is InChI=1S/C22H23N5O/c1-17-5-8-19(9-6-17)25-20-10-7-18(16-24-20)22(28)27-14-12-26(13-15-27)21-4-2-3-11-23-21/h2-11,16H,12-15H2,1H3,(H,24,25). The summed E-state index contributed by atoms with van der Waals surface area (Å²) in [6.07, 6.45) is 3.44. The molecule has 0 saturated carbocycles. The molecule has 0 spiro atoms. The lowest BCUT2D eigenvalue weighted by molar-refractivity contribution is 0.0746. The van der Waals surface area contributed by atoms with Crippen LogP contribution in [0.15, 0.2) is 67.0 Å². The summed E-state index contributed by atoms with van der Waals surface area (Å²) in [6.45, 7) is 4.97. The number of amides is 1. The average molecular weight is 373 g/mol. The van der Waals surface area contributed by atoms with Crippen LogP contribution in [-0.2, 0) is 0 Å². The lowest BCUT2D eigenvalue weighted by atomic mass is 10.2. The van der Waals surface area contributed by atoms with Gasteiger partial charge in [0.2, 0.25) is 0 Å². The van der Waals surface area contributed by atoms with E-state index in [1.54, 1.807) is 12.4 Å². The van der Waals surface area contributed by atoms with Crippen LogP contribution in [0.5, 0.6) is 0 Å². The van der Waals surface area contributed by atoms with Crippen molar-refractivity contribution in [3.63, 3.8) is 0 Å². The van der Waals surface area contributed by atoms with E-state index in [9.17, 15) is 4.79 Å². The first-order valence-corrected chi connectivity index (χ1v) is 9.44. The molecule has 1 amide bonds. The summed E-state index contributed by atoms with van der Waals surface area (Å²) >= 11 is 0. The van der Waals surface area contributed by atoms with Crippen LogP contribution in [0.4, 0.5) is 17.3 Å². The summed E-state index contributed by atoms with van der Waals surface area (Å²) < 4.78 is 0. The molecule has 0 radical (unpaired) electrons. The predicted molar refractivity (Wildman–Crippen MR) is 111 cm³/mol. The Balaban J connectivity index is 1.35. The van der Waals surface area contributed by atoms with Gasteiger partial charge >= 0.3 is 0 Å². The summed E-state index contributed by atoms with van der Waals surface area (Å²) in [5.74, 6) is 1.71. The van der Waals surface area contributed by atoms with Gasteiger partial charge in [-0.3, -0.25) is 4.79 Å². The first-order valence-electron chi connectivity index (χ1n) is 9.44. The number of hydrogen-bond acceptors (Lipinski definition) is 5. The van der Waals surface area contributed by atoms with Crippen LogP contribution in [0, 0.1) is 6.92 Å². The quantitative estimate of drug-likeness (QED) is 0.759. The first kappa shape index (κ1) is 18.0. The van der Waals surface area contributed by atoms with Crippen molar-refractivity contribution in [3.8, 4) is 0 Å². The maximum absolute atomic E-state index is 12.8. The van der Waals surface area contributed by atoms with Crippen molar-refractivity contribution in [1.29, 1.82) is 0 Å². The van der Waals surface area contributed by atoms with Gasteiger partial charge in [-0.1, -0.05) is 23.8 Å². The fourth-order valence-electron chi connectivity index (χ4n) is 3.24. The molecule has 0 unspecified atom stereocenters. The molecule has 1 N–H and O–H groups in total. The molecule has 4 rings (SSSR count). The van der Waals surface area contributed by atoms with E-state index >= 15 is 0 Å². The number of aromatic nitrogens is 2. The minimum Gasteiger partial charge on any atom is -0.353 e. The molecule has 2 aromatic heterocycles. The van der Waals surface area contributed by atoms with E-state index in [0.29, 0.717) is 18.7 Å². The van der Waals surface area contributed by atoms with Crippen LogP contribution in [-0.4, -0.2) is 47.0 Å². The van der Waals surface area contributed by atoms with Gasteiger partial charge in [-0.2, -0.15) is 0 Å². The molecule has 3 aromatic rings. The lowest BCUT2D eigenvalue weighted by Gasteiger charge is -2.35. The van der Waals surface area contributed by atoms with Gasteiger partial charge in [-0.25, -0.2) is 9.97 Å². The topological polar surface area (TPSA) is 61.4 Å². The van der Waals surface area contributed by atoms with Gasteiger partial charge in [-0.05, 0) is 43.3 Å². The highest BCUT2D eigenvalue weighted by Crippen LogP contribution is 2.17. The van der Waals surface area contributed by atoms with E-state index in [0.717, 1.165) is 30.4 Å². The molecular formula is C22H23N5O. The van der Waals surface area contributed by atoms with Gasteiger partial charge in [0, 0.05) is 44.3 Å². The second kappa shape index (κ2) is 8.08. The molecular weight excluding hydrogens is 350 g/mol. The first-order chi connectivity index (χ1) is 13.7. The number of carbonyl (C=O) groups is 1. The summed E-state index contributed by atoms with van der Waals surface area (Å²) in [5, 5.41) is 3.25. The molecule has 3 heterocycles. The lowest BCUT2D eigenvalue weighted by Crippen LogP contribution is -2.49. The minimum atomic E-state index is 0.0232. The van der Waals surface area contributed by atoms with E-state index in [1.807, 2.05) is 59.5 Å². The van der Waals surface area contributed by atoms with E-state index in [2.05, 4.69) is 27.1 Å². The normalized spacial score (nSPS) is 14.0. The van der Waals surface area contributed by atoms with Crippen LogP contribution in [0.3, 0.4) is 0 Å². The third-order valence-electron chi connectivity index (χ3n) is 4.87. The summed E-state index contributed by atoms with van der Waals surface area (Å²) in [6, 6.07) is 17.7. The number of rotatable bonds is 4. The van der Waals surface area contributed by atoms with Crippen molar-refractivity contribution in [3.05, 3.63) is 78.1 Å². The zero-order valence-corrected chi connectivity index (χ0v) is 15.9. The van der Waals surface area contributed by atoms with Crippen LogP contribution < -0.4 is 10.2 Å². The maximum Gasteiger partial charge on any atom is 0.255 e. The number of pyridine rings is 2. The van der Waals surface area contributed by atoms with Crippen molar-refractivity contribution in [1.82, 2.24) is 14.9 Å². The number of nitrogens with one attached hydrogen (secondary N) is 1. The molecule has 0 bridgehead atoms. The van der Waals surface area contributed by atoms with Crippen LogP contribution in [0.1, 0.15) is 15.9 Å². The maximum atomic E-state index is 12.8. The molecule has 6 heteroatoms. The SMILES string of the molecule is Cc1ccc(Nc2ccc(C(=O)N3CCN(c4ccccn4)CC3)cn2)cc1. The zero-order chi connectivity index (χ0) is 19.3. The number of nitrogens with zero attached hydrogens (tertiary/aromatic N) is 4. The molecule has 0 atom stereocenters. The Hall–Kier alpha value is -3.41. The van der Waals surface area contributed by atoms with E-state index < -0.39 is 0 Å². The fraction of sp³-hybridized carbons (Fsp3) is 0.227. The fourth-order valence-corrected chi connectivity index (χ4v) is 3.24. The van der Waals surface area contributed by atoms with E-state index in [4.69, 9.17) is 0 Å². The molecule has 1 fully saturated rings. The van der Waals surface area contributed by atoms with Crippen molar-refractivity contribution in [2.24, 2.45) is 0 Å². The Morgan fingerprint density at radius 3 is 2.36 bits per heavy atom. The Kier molecular flexibility index (Phi) is 5.19. The second-order valence-corrected chi connectivity index (χ2v) is 6.89. The largest absolute Gasteiger partial charge is 0.353 e. The number of aryl methyl sites for hydroxylation is 1. The molecule has 142 valence electrons. The van der Waals surface area contributed by atoms with E-state index in [-0.39, 0.29) is 5.91 Å². The van der Waals surface area contributed by atoms with Gasteiger partial charge in [0.15, 0.2) is 0 Å². The van der Waals surface area contributed by atoms with Crippen LogP contribution in [0.25, 0.3) is 0 Å². The van der Waals surface area contributed by atoms with Crippen LogP contribution in [0.2, 0.25) is 0 Å². The Morgan fingerprint density at radius 2 is 1.71 bits per heavy atom. The number of carbonyl (C=O) groups excluding carboxylic acids is 1. The van der Waals surface area contributed by atoms with Gasteiger partial charge in [0.25, 0.3) is 5.91 Å². The third-order valence-corrected chi connectivity index (χ3v) is 4.87. The molecule has 6 nitrogen and oxygen atoms in total. The summed E-state index contributed by atoms with van der Waals surface area (Å²) in [4.78, 5) is 25.6. The van der Waals surface area contributed by atoms with Crippen molar-refractivity contribution in [2.45, 2.75) is 6.92 Å². The molecule has 1 saturated heterocycles. The van der Waals surface area contributed by atoms with Gasteiger partial charge in [0.05, 0.1) is 5.56 Å². The highest BCUT2D eigenvalue weighted by atomic mass is 16.2. The van der Waals surface area contributed by atoms with Gasteiger partial charge < -0.3 is 15.1 Å². The molecule has 1 aliphatic heterocycles. The van der Waals surface area contributed by atoms with Gasteiger partial charge in [-0.15, -0.1) is 0 Å². The molecule has 28 heavy (non-hydrogen) atoms. The predicted octanol–water partition coefficient (Wildman–Crippen LogP) is 3.49. The monoisotopic (exact) mass is 373 g/mol. The molecule has 1 aromatic carbocycles. The number of benzene rings is 1. The van der Waals surface area contributed by atoms with Crippen molar-refractivity contribution in [2.75, 3.05) is 36.4 Å². The Bertz CT molecular complexity index is 917. The number of hydrogen-bond donors (Lipinski definition) is 1. The Labute approximate surface area is 164 Å². The molecule has 1 aliphatic rings. The van der Waals surface area contributed by atoms with Gasteiger partial charge in [0.1, 0.15) is 11.6 Å². The highest BCUT2D eigenvalue weighted by molar-refractivity contribution is 5.94. The summed E-state index contributed by atoms with van der Waals surface area (Å²) in [7, 11) is 0. The highest BCUT2D eigenvalue weighted by Gasteiger charge is 2.22. The second-order valence-electron chi connectivity index (χ2n) is 6.89. The van der Waals surface area contributed by atoms with Crippen molar-refractivity contribution >= 4 is 23.2 Å². The number of piperazine rings is 1. The summed E-state index contributed by atoms with van der Waals surface area (Å²) in [5.41, 5.74) is 2.80. The average Bonchev–Trinajstić information content (AvgIpc) is 2.76. The third kappa shape index (κ3) is 4.11. The van der Waals surface area contributed by atoms with Crippen molar-refractivity contribution < 1.29 is 4.79 Å². The molecule has 0 aliphatic carbocycles. The minimum absolute atomic E-state index is 0.0232. The zero-order valence-electron chi connectivity index (χ0n) is 15.9. The van der Waals surface area contributed by atoms with E-state index in [1.165, 1.54) is 5.56 Å². The van der Waals surface area contributed by atoms with Crippen LogP contribution >= 0.6 is 0 Å².